The second-order valence-electron chi connectivity index (χ2n) is 9.40. The molecule has 172 valence electrons. The van der Waals surface area contributed by atoms with Gasteiger partial charge in [0.05, 0.1) is 4.90 Å². The van der Waals surface area contributed by atoms with Gasteiger partial charge in [-0.25, -0.2) is 8.42 Å². The van der Waals surface area contributed by atoms with Crippen LogP contribution in [0.3, 0.4) is 0 Å². The molecule has 33 heavy (non-hydrogen) atoms. The smallest absolute Gasteiger partial charge is 0.243 e. The molecule has 3 aromatic carbocycles. The molecule has 2 aliphatic rings. The van der Waals surface area contributed by atoms with E-state index < -0.39 is 10.0 Å². The molecule has 0 spiro atoms. The van der Waals surface area contributed by atoms with Gasteiger partial charge < -0.3 is 4.90 Å². The molecule has 0 saturated carbocycles. The molecule has 0 amide bonds. The average Bonchev–Trinajstić information content (AvgIpc) is 3.31. The maximum Gasteiger partial charge on any atom is 0.243 e. The number of rotatable bonds is 6. The Balaban J connectivity index is 1.31. The van der Waals surface area contributed by atoms with Crippen LogP contribution in [0.4, 0.5) is 0 Å². The van der Waals surface area contributed by atoms with Crippen molar-refractivity contribution in [2.75, 3.05) is 32.7 Å². The highest BCUT2D eigenvalue weighted by Crippen LogP contribution is 2.37. The fraction of sp³-hybridized carbons (Fsp3) is 0.357. The summed E-state index contributed by atoms with van der Waals surface area (Å²) >= 11 is 0. The monoisotopic (exact) mass is 460 g/mol. The Morgan fingerprint density at radius 3 is 1.85 bits per heavy atom. The van der Waals surface area contributed by atoms with Crippen LogP contribution < -0.4 is 0 Å². The van der Waals surface area contributed by atoms with Gasteiger partial charge in [-0.1, -0.05) is 78.9 Å². The van der Waals surface area contributed by atoms with Crippen LogP contribution in [0, 0.1) is 5.92 Å². The molecule has 0 aliphatic carbocycles. The number of benzene rings is 3. The van der Waals surface area contributed by atoms with Gasteiger partial charge >= 0.3 is 0 Å². The molecule has 2 saturated heterocycles. The Kier molecular flexibility index (Phi) is 6.63. The normalized spacial score (nSPS) is 23.0. The minimum atomic E-state index is -3.48. The fourth-order valence-electron chi connectivity index (χ4n) is 5.54. The SMILES string of the molecule is O=S(=O)(c1ccccc1)N1C[C@@H](CN2CCC(c3ccccc3)CC2)[C@H](c2ccccc2)C1. The molecular formula is C28H32N2O2S. The lowest BCUT2D eigenvalue weighted by molar-refractivity contribution is 0.180. The van der Waals surface area contributed by atoms with Crippen molar-refractivity contribution >= 4 is 10.0 Å². The van der Waals surface area contributed by atoms with Gasteiger partial charge in [-0.2, -0.15) is 4.31 Å². The van der Waals surface area contributed by atoms with E-state index in [1.165, 1.54) is 24.0 Å². The predicted molar refractivity (Wildman–Crippen MR) is 133 cm³/mol. The predicted octanol–water partition coefficient (Wildman–Crippen LogP) is 4.97. The van der Waals surface area contributed by atoms with E-state index in [2.05, 4.69) is 59.5 Å². The summed E-state index contributed by atoms with van der Waals surface area (Å²) in [5, 5.41) is 0. The first-order chi connectivity index (χ1) is 16.1. The van der Waals surface area contributed by atoms with E-state index in [0.29, 0.717) is 29.8 Å². The topological polar surface area (TPSA) is 40.6 Å². The fourth-order valence-corrected chi connectivity index (χ4v) is 7.08. The summed E-state index contributed by atoms with van der Waals surface area (Å²) in [6.45, 7) is 4.22. The van der Waals surface area contributed by atoms with Crippen molar-refractivity contribution in [2.24, 2.45) is 5.92 Å². The van der Waals surface area contributed by atoms with Crippen LogP contribution in [0.5, 0.6) is 0 Å². The van der Waals surface area contributed by atoms with Crippen molar-refractivity contribution in [3.8, 4) is 0 Å². The summed E-state index contributed by atoms with van der Waals surface area (Å²) in [7, 11) is -3.48. The van der Waals surface area contributed by atoms with Crippen molar-refractivity contribution in [2.45, 2.75) is 29.6 Å². The summed E-state index contributed by atoms with van der Waals surface area (Å²) in [4.78, 5) is 2.94. The van der Waals surface area contributed by atoms with Gasteiger partial charge in [-0.05, 0) is 61.0 Å². The van der Waals surface area contributed by atoms with E-state index in [9.17, 15) is 8.42 Å². The number of hydrogen-bond acceptors (Lipinski definition) is 3. The highest BCUT2D eigenvalue weighted by molar-refractivity contribution is 7.89. The number of piperidine rings is 1. The van der Waals surface area contributed by atoms with E-state index in [1.54, 1.807) is 28.6 Å². The maximum atomic E-state index is 13.4. The number of sulfonamides is 1. The molecule has 0 bridgehead atoms. The van der Waals surface area contributed by atoms with Crippen molar-refractivity contribution in [1.82, 2.24) is 9.21 Å². The van der Waals surface area contributed by atoms with Gasteiger partial charge in [0.15, 0.2) is 0 Å². The summed E-state index contributed by atoms with van der Waals surface area (Å²) in [6.07, 6.45) is 2.33. The van der Waals surface area contributed by atoms with Gasteiger partial charge in [-0.3, -0.25) is 0 Å². The first kappa shape index (κ1) is 22.3. The molecule has 2 fully saturated rings. The van der Waals surface area contributed by atoms with Crippen LogP contribution in [-0.4, -0.2) is 50.3 Å². The van der Waals surface area contributed by atoms with Gasteiger partial charge in [0.2, 0.25) is 10.0 Å². The van der Waals surface area contributed by atoms with Crippen LogP contribution >= 0.6 is 0 Å². The molecule has 0 N–H and O–H groups in total. The molecule has 2 aliphatic heterocycles. The zero-order chi connectivity index (χ0) is 22.7. The van der Waals surface area contributed by atoms with Gasteiger partial charge in [0.1, 0.15) is 0 Å². The molecule has 4 nitrogen and oxygen atoms in total. The number of nitrogens with zero attached hydrogens (tertiary/aromatic N) is 2. The average molecular weight is 461 g/mol. The van der Waals surface area contributed by atoms with E-state index in [0.717, 1.165) is 19.6 Å². The van der Waals surface area contributed by atoms with Crippen molar-refractivity contribution < 1.29 is 8.42 Å². The molecule has 0 aromatic heterocycles. The molecule has 5 heteroatoms. The molecule has 5 rings (SSSR count). The van der Waals surface area contributed by atoms with Crippen molar-refractivity contribution in [3.63, 3.8) is 0 Å². The Morgan fingerprint density at radius 1 is 0.697 bits per heavy atom. The van der Waals surface area contributed by atoms with E-state index in [1.807, 2.05) is 12.1 Å². The molecule has 0 unspecified atom stereocenters. The zero-order valence-corrected chi connectivity index (χ0v) is 19.8. The van der Waals surface area contributed by atoms with Crippen LogP contribution in [0.2, 0.25) is 0 Å². The molecule has 2 heterocycles. The van der Waals surface area contributed by atoms with Crippen LogP contribution in [0.25, 0.3) is 0 Å². The Labute approximate surface area is 197 Å². The summed E-state index contributed by atoms with van der Waals surface area (Å²) in [5.41, 5.74) is 2.69. The lowest BCUT2D eigenvalue weighted by atomic mass is 9.86. The van der Waals surface area contributed by atoms with Gasteiger partial charge in [0.25, 0.3) is 0 Å². The van der Waals surface area contributed by atoms with Crippen molar-refractivity contribution in [1.29, 1.82) is 0 Å². The largest absolute Gasteiger partial charge is 0.303 e. The first-order valence-electron chi connectivity index (χ1n) is 12.0. The summed E-state index contributed by atoms with van der Waals surface area (Å²) < 4.78 is 28.4. The summed E-state index contributed by atoms with van der Waals surface area (Å²) in [5.74, 6) is 1.14. The minimum Gasteiger partial charge on any atom is -0.303 e. The highest BCUT2D eigenvalue weighted by Gasteiger charge is 2.40. The third kappa shape index (κ3) is 4.91. The van der Waals surface area contributed by atoms with E-state index in [-0.39, 0.29) is 5.92 Å². The zero-order valence-electron chi connectivity index (χ0n) is 19.0. The maximum absolute atomic E-state index is 13.4. The van der Waals surface area contributed by atoms with Crippen molar-refractivity contribution in [3.05, 3.63) is 102 Å². The summed E-state index contributed by atoms with van der Waals surface area (Å²) in [6, 6.07) is 30.1. The molecular weight excluding hydrogens is 428 g/mol. The third-order valence-electron chi connectivity index (χ3n) is 7.37. The molecule has 3 aromatic rings. The van der Waals surface area contributed by atoms with Gasteiger partial charge in [-0.15, -0.1) is 0 Å². The van der Waals surface area contributed by atoms with Crippen LogP contribution in [-0.2, 0) is 10.0 Å². The standard InChI is InChI=1S/C28H32N2O2S/c31-33(32,27-14-8-3-9-15-27)30-21-26(28(22-30)25-12-6-2-7-13-25)20-29-18-16-24(17-19-29)23-10-4-1-5-11-23/h1-15,24,26,28H,16-22H2/t26-,28+/m1/s1. The first-order valence-corrected chi connectivity index (χ1v) is 13.4. The van der Waals surface area contributed by atoms with E-state index in [4.69, 9.17) is 0 Å². The quantitative estimate of drug-likeness (QED) is 0.521. The Morgan fingerprint density at radius 2 is 1.24 bits per heavy atom. The highest BCUT2D eigenvalue weighted by atomic mass is 32.2. The minimum absolute atomic E-state index is 0.219. The molecule has 2 atom stereocenters. The van der Waals surface area contributed by atoms with Gasteiger partial charge in [0, 0.05) is 25.6 Å². The lowest BCUT2D eigenvalue weighted by Crippen LogP contribution is -2.38. The second kappa shape index (κ2) is 9.80. The van der Waals surface area contributed by atoms with E-state index >= 15 is 0 Å². The number of hydrogen-bond donors (Lipinski definition) is 0. The van der Waals surface area contributed by atoms with Crippen LogP contribution in [0.1, 0.15) is 35.8 Å². The Hall–Kier alpha value is -2.47. The number of likely N-dealkylation sites (tertiary alicyclic amines) is 1. The third-order valence-corrected chi connectivity index (χ3v) is 9.21. The Bertz CT molecular complexity index is 1130. The van der Waals surface area contributed by atoms with Crippen LogP contribution in [0.15, 0.2) is 95.9 Å². The second-order valence-corrected chi connectivity index (χ2v) is 11.3. The lowest BCUT2D eigenvalue weighted by Gasteiger charge is -2.35. The molecule has 0 radical (unpaired) electrons.